The third-order valence-electron chi connectivity index (χ3n) is 31.7. The van der Waals surface area contributed by atoms with Gasteiger partial charge in [0.15, 0.2) is 0 Å². The normalized spacial score (nSPS) is 52.0. The number of nitrogens with zero attached hydrogens (tertiary/aromatic N) is 2. The SMILES string of the molecule is O=C(NCCCN(CCCCN(CCCNC(=O)C1CCC2(CC1)OOC1(O2)C2CC3CC(C2)CC1C3)C(=O)C1CCC2(CC1)OOC1(O2)C2CC3CC(C2)CC1C3)C(=O)C1CCC2(CC1)OOC1(O2)C2CC3CC(C2)CC1C3)C1CCC2(CC1)OOC1(O2)C2CC3CC(C2)CC1C3. The van der Waals surface area contributed by atoms with Crippen molar-refractivity contribution in [3.63, 3.8) is 0 Å². The van der Waals surface area contributed by atoms with Gasteiger partial charge in [0.05, 0.1) is 0 Å². The van der Waals surface area contributed by atoms with Gasteiger partial charge in [-0.2, -0.15) is 39.1 Å². The van der Waals surface area contributed by atoms with Crippen LogP contribution in [0.25, 0.3) is 0 Å². The molecule has 20 aliphatic carbocycles. The van der Waals surface area contributed by atoms with Gasteiger partial charge in [0.25, 0.3) is 0 Å². The van der Waals surface area contributed by atoms with Gasteiger partial charge >= 0.3 is 0 Å². The van der Waals surface area contributed by atoms with Crippen LogP contribution in [0.1, 0.15) is 257 Å². The Morgan fingerprint density at radius 3 is 0.724 bits per heavy atom. The van der Waals surface area contributed by atoms with Gasteiger partial charge in [0.2, 0.25) is 69.9 Å². The third kappa shape index (κ3) is 10.9. The maximum Gasteiger partial charge on any atom is 0.225 e. The quantitative estimate of drug-likeness (QED) is 0.102. The summed E-state index contributed by atoms with van der Waals surface area (Å²) in [4.78, 5) is 113. The van der Waals surface area contributed by atoms with E-state index >= 15 is 9.59 Å². The summed E-state index contributed by atoms with van der Waals surface area (Å²) in [5.41, 5.74) is 0. The van der Waals surface area contributed by atoms with Crippen molar-refractivity contribution in [1.29, 1.82) is 0 Å². The van der Waals surface area contributed by atoms with Crippen molar-refractivity contribution in [3.05, 3.63) is 0 Å². The van der Waals surface area contributed by atoms with Crippen LogP contribution in [0.15, 0.2) is 0 Å². The van der Waals surface area contributed by atoms with Gasteiger partial charge in [0.1, 0.15) is 0 Å². The van der Waals surface area contributed by atoms with Crippen LogP contribution < -0.4 is 10.6 Å². The molecule has 20 saturated carbocycles. The molecule has 0 aromatic carbocycles. The standard InChI is InChI=1S/C78H114N4O16/c83-67(55-5-13-71(14-6-55)87-75(95-91-71)59-31-47-27-48(33-59)34-60(75)32-47)79-21-3-25-81(69(85)57-9-17-73(18-10-57)89-77(97-93-73)63-39-51-29-52(41-63)42-64(77)40-51)23-1-2-24-82(70(86)58-11-19-74(20-12-58)90-78(98-94-74)65-43-53-30-54(45-65)46-66(78)44-53)26-4-22-80-68(84)56-7-15-72(16-8-56)88-76(96-92-72)61-35-49-28-50(37-61)38-62(76)36-49/h47-66H,1-46H2,(H,79,83)(H,80,84). The van der Waals surface area contributed by atoms with Gasteiger partial charge < -0.3 is 39.4 Å². The molecule has 0 radical (unpaired) electrons. The number of unbranched alkanes of at least 4 members (excludes halogenated alkanes) is 1. The lowest BCUT2D eigenvalue weighted by molar-refractivity contribution is -0.390. The first-order valence-corrected chi connectivity index (χ1v) is 41.1. The second kappa shape index (κ2) is 24.5. The van der Waals surface area contributed by atoms with Crippen LogP contribution >= 0.6 is 0 Å². The van der Waals surface area contributed by atoms with Crippen molar-refractivity contribution >= 4 is 23.6 Å². The predicted molar refractivity (Wildman–Crippen MR) is 349 cm³/mol. The summed E-state index contributed by atoms with van der Waals surface area (Å²) < 4.78 is 28.2. The minimum absolute atomic E-state index is 0.0616. The highest BCUT2D eigenvalue weighted by Gasteiger charge is 2.72. The molecule has 0 unspecified atom stereocenters. The minimum Gasteiger partial charge on any atom is -0.356 e. The molecular formula is C78H114N4O16. The molecule has 4 heterocycles. The van der Waals surface area contributed by atoms with Crippen LogP contribution in [-0.2, 0) is 77.2 Å². The number of rotatable bonds is 17. The number of hydrogen-bond donors (Lipinski definition) is 2. The van der Waals surface area contributed by atoms with Crippen molar-refractivity contribution in [3.8, 4) is 0 Å². The first-order valence-electron chi connectivity index (χ1n) is 41.1. The Hall–Kier alpha value is -2.60. The lowest BCUT2D eigenvalue weighted by Crippen LogP contribution is -2.59. The van der Waals surface area contributed by atoms with E-state index in [-0.39, 0.29) is 47.3 Å². The average molecular weight is 1360 g/mol. The molecule has 0 aromatic rings. The molecule has 0 aromatic heterocycles. The molecule has 4 saturated heterocycles. The maximum absolute atomic E-state index is 15.1. The molecule has 24 fully saturated rings. The zero-order chi connectivity index (χ0) is 65.4. The molecule has 2 N–H and O–H groups in total. The van der Waals surface area contributed by atoms with Crippen LogP contribution in [0, 0.1) is 118 Å². The highest BCUT2D eigenvalue weighted by molar-refractivity contribution is 5.80. The van der Waals surface area contributed by atoms with Crippen molar-refractivity contribution in [2.75, 3.05) is 39.3 Å². The molecular weight excluding hydrogens is 1250 g/mol. The van der Waals surface area contributed by atoms with E-state index in [9.17, 15) is 9.59 Å². The van der Waals surface area contributed by atoms with E-state index in [2.05, 4.69) is 20.4 Å². The second-order valence-electron chi connectivity index (χ2n) is 37.6. The fraction of sp³-hybridized carbons (Fsp3) is 0.949. The van der Waals surface area contributed by atoms with E-state index in [0.717, 1.165) is 98.7 Å². The predicted octanol–water partition coefficient (Wildman–Crippen LogP) is 12.5. The van der Waals surface area contributed by atoms with Gasteiger partial charge in [-0.25, -0.2) is 0 Å². The highest BCUT2D eigenvalue weighted by atomic mass is 17.3. The second-order valence-corrected chi connectivity index (χ2v) is 37.6. The first kappa shape index (κ1) is 65.0. The Morgan fingerprint density at radius 1 is 0.276 bits per heavy atom. The summed E-state index contributed by atoms with van der Waals surface area (Å²) >= 11 is 0. The number of ether oxygens (including phenoxy) is 4. The largest absolute Gasteiger partial charge is 0.356 e. The van der Waals surface area contributed by atoms with Crippen LogP contribution in [0.3, 0.4) is 0 Å². The van der Waals surface area contributed by atoms with E-state index in [1.807, 2.05) is 0 Å². The molecule has 20 heteroatoms. The Balaban J connectivity index is 0.470. The van der Waals surface area contributed by atoms with Gasteiger partial charge in [-0.15, -0.1) is 0 Å². The lowest BCUT2D eigenvalue weighted by Gasteiger charge is -2.57. The van der Waals surface area contributed by atoms with Gasteiger partial charge in [0, 0.05) is 162 Å². The molecule has 0 atom stereocenters. The molecule has 24 rings (SSSR count). The summed E-state index contributed by atoms with van der Waals surface area (Å²) in [5, 5.41) is 6.58. The zero-order valence-corrected chi connectivity index (χ0v) is 58.5. The number of carbonyl (C=O) groups is 4. The summed E-state index contributed by atoms with van der Waals surface area (Å²) in [6, 6.07) is 0. The van der Waals surface area contributed by atoms with E-state index in [1.165, 1.54) is 77.0 Å². The molecule has 24 aliphatic rings. The average Bonchev–Trinajstić information content (AvgIpc) is 1.50. The highest BCUT2D eigenvalue weighted by Crippen LogP contribution is 2.69. The smallest absolute Gasteiger partial charge is 0.225 e. The Morgan fingerprint density at radius 2 is 0.490 bits per heavy atom. The van der Waals surface area contributed by atoms with Crippen LogP contribution in [0.5, 0.6) is 0 Å². The van der Waals surface area contributed by atoms with E-state index in [1.54, 1.807) is 0 Å². The van der Waals surface area contributed by atoms with E-state index in [0.29, 0.717) is 215 Å². The van der Waals surface area contributed by atoms with Crippen molar-refractivity contribution in [1.82, 2.24) is 20.4 Å². The van der Waals surface area contributed by atoms with E-state index < -0.39 is 46.3 Å². The van der Waals surface area contributed by atoms with Crippen LogP contribution in [-0.4, -0.2) is 119 Å². The fourth-order valence-corrected chi connectivity index (χ4v) is 27.5. The van der Waals surface area contributed by atoms with Crippen molar-refractivity contribution in [2.24, 2.45) is 118 Å². The van der Waals surface area contributed by atoms with Gasteiger partial charge in [-0.05, 0) is 253 Å². The minimum atomic E-state index is -0.813. The monoisotopic (exact) mass is 1360 g/mol. The molecule has 20 nitrogen and oxygen atoms in total. The Kier molecular flexibility index (Phi) is 16.2. The third-order valence-corrected chi connectivity index (χ3v) is 31.7. The summed E-state index contributed by atoms with van der Waals surface area (Å²) in [6.07, 6.45) is 37.2. The first-order chi connectivity index (χ1) is 47.6. The fourth-order valence-electron chi connectivity index (χ4n) is 27.5. The molecule has 8 spiro atoms. The number of nitrogens with one attached hydrogen (secondary N) is 2. The Bertz CT molecular complexity index is 2730. The zero-order valence-electron chi connectivity index (χ0n) is 58.5. The van der Waals surface area contributed by atoms with Crippen LogP contribution in [0.2, 0.25) is 0 Å². The van der Waals surface area contributed by atoms with Crippen molar-refractivity contribution < 1.29 is 77.2 Å². The summed E-state index contributed by atoms with van der Waals surface area (Å²) in [6.45, 7) is 3.09. The van der Waals surface area contributed by atoms with Crippen molar-refractivity contribution in [2.45, 2.75) is 303 Å². The number of carbonyl (C=O) groups excluding carboxylic acids is 4. The topological polar surface area (TPSA) is 210 Å². The number of hydrogen-bond acceptors (Lipinski definition) is 16. The summed E-state index contributed by atoms with van der Waals surface area (Å²) in [5.74, 6) is 3.54. The number of amides is 4. The Labute approximate surface area is 579 Å². The molecule has 4 aliphatic heterocycles. The van der Waals surface area contributed by atoms with E-state index in [4.69, 9.17) is 58.0 Å². The lowest BCUT2D eigenvalue weighted by atomic mass is 9.53. The molecule has 542 valence electrons. The summed E-state index contributed by atoms with van der Waals surface area (Å²) in [7, 11) is 0. The van der Waals surface area contributed by atoms with Crippen LogP contribution in [0.4, 0.5) is 0 Å². The van der Waals surface area contributed by atoms with Gasteiger partial charge in [-0.3, -0.25) is 19.2 Å². The van der Waals surface area contributed by atoms with Gasteiger partial charge in [-0.1, -0.05) is 0 Å². The maximum atomic E-state index is 15.1. The molecule has 4 amide bonds. The molecule has 16 bridgehead atoms. The molecule has 98 heavy (non-hydrogen) atoms.